The molecule has 4 aromatic rings. The second-order valence-electron chi connectivity index (χ2n) is 7.09. The first-order chi connectivity index (χ1) is 15.3. The maximum atomic E-state index is 6.11. The lowest BCUT2D eigenvalue weighted by molar-refractivity contribution is 0.270. The van der Waals surface area contributed by atoms with Gasteiger partial charge in [-0.25, -0.2) is 4.98 Å². The standard InChI is InChI=1S/C26H26N2O3/c1-3-9-20-10-4-7-15-25(20)30-17-16-28-24-14-6-5-13-23(24)27-26(28)19-31-22-12-8-11-21(18-22)29-2/h3-8,10-15,18H,1,9,16-17,19H2,2H3. The van der Waals surface area contributed by atoms with Crippen molar-refractivity contribution in [3.05, 3.63) is 96.8 Å². The third kappa shape index (κ3) is 4.89. The summed E-state index contributed by atoms with van der Waals surface area (Å²) in [5.74, 6) is 3.25. The summed E-state index contributed by atoms with van der Waals surface area (Å²) < 4.78 is 19.5. The van der Waals surface area contributed by atoms with Crippen LogP contribution in [0.3, 0.4) is 0 Å². The Balaban J connectivity index is 1.50. The molecule has 0 atom stereocenters. The Morgan fingerprint density at radius 1 is 0.935 bits per heavy atom. The number of fused-ring (bicyclic) bond motifs is 1. The van der Waals surface area contributed by atoms with E-state index in [0.29, 0.717) is 19.8 Å². The van der Waals surface area contributed by atoms with E-state index in [1.54, 1.807) is 7.11 Å². The summed E-state index contributed by atoms with van der Waals surface area (Å²) in [7, 11) is 1.64. The molecular formula is C26H26N2O3. The molecule has 1 heterocycles. The van der Waals surface area contributed by atoms with Crippen LogP contribution in [0.15, 0.2) is 85.5 Å². The molecule has 4 rings (SSSR count). The van der Waals surface area contributed by atoms with Crippen LogP contribution < -0.4 is 14.2 Å². The van der Waals surface area contributed by atoms with Gasteiger partial charge in [0.25, 0.3) is 0 Å². The molecule has 5 heteroatoms. The Labute approximate surface area is 182 Å². The van der Waals surface area contributed by atoms with E-state index < -0.39 is 0 Å². The number of imidazole rings is 1. The zero-order valence-corrected chi connectivity index (χ0v) is 17.7. The van der Waals surface area contributed by atoms with E-state index in [9.17, 15) is 0 Å². The highest BCUT2D eigenvalue weighted by Crippen LogP contribution is 2.23. The van der Waals surface area contributed by atoms with Crippen LogP contribution in [-0.4, -0.2) is 23.3 Å². The number of benzene rings is 3. The summed E-state index contributed by atoms with van der Waals surface area (Å²) in [5.41, 5.74) is 3.14. The molecule has 0 aliphatic carbocycles. The van der Waals surface area contributed by atoms with Gasteiger partial charge in [-0.15, -0.1) is 6.58 Å². The number of para-hydroxylation sites is 3. The van der Waals surface area contributed by atoms with Gasteiger partial charge in [-0.2, -0.15) is 0 Å². The summed E-state index contributed by atoms with van der Waals surface area (Å²) in [6, 6.07) is 23.8. The van der Waals surface area contributed by atoms with Crippen LogP contribution in [-0.2, 0) is 19.6 Å². The molecule has 0 amide bonds. The van der Waals surface area contributed by atoms with Crippen molar-refractivity contribution >= 4 is 11.0 Å². The van der Waals surface area contributed by atoms with Crippen LogP contribution in [0.5, 0.6) is 17.2 Å². The molecule has 0 unspecified atom stereocenters. The SMILES string of the molecule is C=CCc1ccccc1OCCn1c(COc2cccc(OC)c2)nc2ccccc21. The topological polar surface area (TPSA) is 45.5 Å². The van der Waals surface area contributed by atoms with Gasteiger partial charge < -0.3 is 18.8 Å². The summed E-state index contributed by atoms with van der Waals surface area (Å²) in [6.07, 6.45) is 2.67. The molecule has 0 aliphatic heterocycles. The van der Waals surface area contributed by atoms with Gasteiger partial charge in [-0.3, -0.25) is 0 Å². The summed E-state index contributed by atoms with van der Waals surface area (Å²) in [6.45, 7) is 5.38. The minimum atomic E-state index is 0.356. The van der Waals surface area contributed by atoms with Crippen molar-refractivity contribution in [2.45, 2.75) is 19.6 Å². The van der Waals surface area contributed by atoms with E-state index >= 15 is 0 Å². The molecule has 5 nitrogen and oxygen atoms in total. The second kappa shape index (κ2) is 9.85. The molecule has 0 fully saturated rings. The summed E-state index contributed by atoms with van der Waals surface area (Å²) >= 11 is 0. The highest BCUT2D eigenvalue weighted by atomic mass is 16.5. The van der Waals surface area contributed by atoms with Crippen molar-refractivity contribution in [1.29, 1.82) is 0 Å². The monoisotopic (exact) mass is 414 g/mol. The molecule has 0 bridgehead atoms. The van der Waals surface area contributed by atoms with Gasteiger partial charge in [-0.1, -0.05) is 42.5 Å². The molecule has 31 heavy (non-hydrogen) atoms. The van der Waals surface area contributed by atoms with Crippen molar-refractivity contribution in [2.75, 3.05) is 13.7 Å². The number of rotatable bonds is 10. The third-order valence-corrected chi connectivity index (χ3v) is 5.05. The summed E-state index contributed by atoms with van der Waals surface area (Å²) in [4.78, 5) is 4.78. The quantitative estimate of drug-likeness (QED) is 0.325. The predicted octanol–water partition coefficient (Wildman–Crippen LogP) is 5.43. The average Bonchev–Trinajstić information content (AvgIpc) is 3.17. The van der Waals surface area contributed by atoms with Crippen molar-refractivity contribution in [1.82, 2.24) is 9.55 Å². The van der Waals surface area contributed by atoms with Crippen LogP contribution in [0.25, 0.3) is 11.0 Å². The van der Waals surface area contributed by atoms with Gasteiger partial charge in [-0.05, 0) is 42.3 Å². The van der Waals surface area contributed by atoms with Crippen molar-refractivity contribution in [3.8, 4) is 17.2 Å². The molecule has 0 aliphatic rings. The Hall–Kier alpha value is -3.73. The molecule has 1 aromatic heterocycles. The van der Waals surface area contributed by atoms with Crippen LogP contribution in [0.1, 0.15) is 11.4 Å². The second-order valence-corrected chi connectivity index (χ2v) is 7.09. The fourth-order valence-electron chi connectivity index (χ4n) is 3.54. The smallest absolute Gasteiger partial charge is 0.148 e. The van der Waals surface area contributed by atoms with Gasteiger partial charge in [0.05, 0.1) is 24.7 Å². The van der Waals surface area contributed by atoms with Crippen LogP contribution in [0.2, 0.25) is 0 Å². The van der Waals surface area contributed by atoms with Gasteiger partial charge in [0, 0.05) is 6.07 Å². The lowest BCUT2D eigenvalue weighted by Gasteiger charge is -2.13. The largest absolute Gasteiger partial charge is 0.497 e. The first kappa shape index (κ1) is 20.5. The van der Waals surface area contributed by atoms with E-state index in [4.69, 9.17) is 19.2 Å². The minimum Gasteiger partial charge on any atom is -0.497 e. The fraction of sp³-hybridized carbons (Fsp3) is 0.192. The van der Waals surface area contributed by atoms with Crippen molar-refractivity contribution in [3.63, 3.8) is 0 Å². The fourth-order valence-corrected chi connectivity index (χ4v) is 3.54. The number of aromatic nitrogens is 2. The van der Waals surface area contributed by atoms with Gasteiger partial charge >= 0.3 is 0 Å². The summed E-state index contributed by atoms with van der Waals surface area (Å²) in [5, 5.41) is 0. The maximum absolute atomic E-state index is 6.11. The first-order valence-electron chi connectivity index (χ1n) is 10.3. The molecule has 0 radical (unpaired) electrons. The zero-order chi connectivity index (χ0) is 21.5. The van der Waals surface area contributed by atoms with Crippen LogP contribution in [0, 0.1) is 0 Å². The third-order valence-electron chi connectivity index (χ3n) is 5.05. The normalized spacial score (nSPS) is 10.7. The Morgan fingerprint density at radius 3 is 2.61 bits per heavy atom. The molecule has 0 spiro atoms. The van der Waals surface area contributed by atoms with E-state index in [1.807, 2.05) is 66.7 Å². The maximum Gasteiger partial charge on any atom is 0.148 e. The van der Waals surface area contributed by atoms with E-state index in [1.165, 1.54) is 0 Å². The Bertz CT molecular complexity index is 1170. The lowest BCUT2D eigenvalue weighted by Crippen LogP contribution is -2.13. The Morgan fingerprint density at radius 2 is 1.74 bits per heavy atom. The molecule has 0 saturated carbocycles. The molecule has 3 aromatic carbocycles. The molecular weight excluding hydrogens is 388 g/mol. The van der Waals surface area contributed by atoms with Crippen molar-refractivity contribution < 1.29 is 14.2 Å². The molecule has 158 valence electrons. The number of hydrogen-bond donors (Lipinski definition) is 0. The van der Waals surface area contributed by atoms with Gasteiger partial charge in [0.15, 0.2) is 0 Å². The first-order valence-corrected chi connectivity index (χ1v) is 10.3. The number of hydrogen-bond acceptors (Lipinski definition) is 4. The van der Waals surface area contributed by atoms with Crippen LogP contribution in [0.4, 0.5) is 0 Å². The average molecular weight is 415 g/mol. The van der Waals surface area contributed by atoms with E-state index in [0.717, 1.165) is 46.1 Å². The minimum absolute atomic E-state index is 0.356. The molecule has 0 N–H and O–H groups in total. The number of allylic oxidation sites excluding steroid dienone is 1. The number of ether oxygens (including phenoxy) is 3. The van der Waals surface area contributed by atoms with E-state index in [2.05, 4.69) is 23.3 Å². The van der Waals surface area contributed by atoms with Crippen LogP contribution >= 0.6 is 0 Å². The Kier molecular flexibility index (Phi) is 6.53. The number of nitrogens with zero attached hydrogens (tertiary/aromatic N) is 2. The van der Waals surface area contributed by atoms with Gasteiger partial charge in [0.1, 0.15) is 36.3 Å². The van der Waals surface area contributed by atoms with E-state index in [-0.39, 0.29) is 0 Å². The molecule has 0 saturated heterocycles. The lowest BCUT2D eigenvalue weighted by atomic mass is 10.1. The predicted molar refractivity (Wildman–Crippen MR) is 123 cm³/mol. The highest BCUT2D eigenvalue weighted by molar-refractivity contribution is 5.75. The number of methoxy groups -OCH3 is 1. The highest BCUT2D eigenvalue weighted by Gasteiger charge is 2.12. The van der Waals surface area contributed by atoms with Gasteiger partial charge in [0.2, 0.25) is 0 Å². The zero-order valence-electron chi connectivity index (χ0n) is 17.7. The van der Waals surface area contributed by atoms with Crippen molar-refractivity contribution in [2.24, 2.45) is 0 Å².